The molecule has 0 fully saturated rings. The average molecular weight is 217 g/mol. The van der Waals surface area contributed by atoms with E-state index >= 15 is 0 Å². The fourth-order valence-electron chi connectivity index (χ4n) is 0.954. The molecular formula is C9H10BrF. The van der Waals surface area contributed by atoms with Gasteiger partial charge in [0, 0.05) is 5.33 Å². The minimum absolute atomic E-state index is 0.371. The summed E-state index contributed by atoms with van der Waals surface area (Å²) in [5.74, 6) is 0. The van der Waals surface area contributed by atoms with Gasteiger partial charge in [-0.15, -0.1) is 0 Å². The summed E-state index contributed by atoms with van der Waals surface area (Å²) in [6.07, 6.45) is -0.880. The van der Waals surface area contributed by atoms with Crippen LogP contribution in [0, 0.1) is 6.92 Å². The fraction of sp³-hybridized carbons (Fsp3) is 0.333. The smallest absolute Gasteiger partial charge is 0.135 e. The van der Waals surface area contributed by atoms with Gasteiger partial charge >= 0.3 is 0 Å². The predicted octanol–water partition coefficient (Wildman–Crippen LogP) is 3.40. The summed E-state index contributed by atoms with van der Waals surface area (Å²) in [6, 6.07) is 7.51. The molecule has 0 saturated heterocycles. The Kier molecular flexibility index (Phi) is 3.06. The Morgan fingerprint density at radius 1 is 1.55 bits per heavy atom. The maximum absolute atomic E-state index is 13.0. The van der Waals surface area contributed by atoms with Gasteiger partial charge in [0.15, 0.2) is 0 Å². The summed E-state index contributed by atoms with van der Waals surface area (Å²) in [6.45, 7) is 1.96. The highest BCUT2D eigenvalue weighted by atomic mass is 79.9. The van der Waals surface area contributed by atoms with Crippen LogP contribution in [-0.4, -0.2) is 5.33 Å². The molecule has 0 aromatic heterocycles. The number of halogens is 2. The van der Waals surface area contributed by atoms with E-state index in [4.69, 9.17) is 0 Å². The molecule has 0 unspecified atom stereocenters. The van der Waals surface area contributed by atoms with Crippen LogP contribution < -0.4 is 0 Å². The third kappa shape index (κ3) is 2.29. The molecule has 0 aliphatic heterocycles. The Hall–Kier alpha value is -0.370. The molecule has 0 spiro atoms. The van der Waals surface area contributed by atoms with Crippen molar-refractivity contribution in [3.63, 3.8) is 0 Å². The molecule has 1 atom stereocenters. The molecule has 0 aliphatic rings. The quantitative estimate of drug-likeness (QED) is 0.666. The molecule has 2 heteroatoms. The SMILES string of the molecule is Cc1cccc([C@H](F)CBr)c1. The summed E-state index contributed by atoms with van der Waals surface area (Å²) < 4.78 is 13.0. The number of aryl methyl sites for hydroxylation is 1. The molecule has 11 heavy (non-hydrogen) atoms. The maximum atomic E-state index is 13.0. The van der Waals surface area contributed by atoms with E-state index in [1.165, 1.54) is 0 Å². The van der Waals surface area contributed by atoms with E-state index in [1.54, 1.807) is 6.07 Å². The van der Waals surface area contributed by atoms with Crippen molar-refractivity contribution in [2.75, 3.05) is 5.33 Å². The van der Waals surface area contributed by atoms with Gasteiger partial charge in [0.25, 0.3) is 0 Å². The first-order valence-electron chi connectivity index (χ1n) is 3.50. The van der Waals surface area contributed by atoms with Crippen molar-refractivity contribution in [2.45, 2.75) is 13.1 Å². The first kappa shape index (κ1) is 8.72. The second kappa shape index (κ2) is 3.86. The van der Waals surface area contributed by atoms with Crippen LogP contribution in [0.3, 0.4) is 0 Å². The standard InChI is InChI=1S/C9H10BrF/c1-7-3-2-4-8(5-7)9(11)6-10/h2-5,9H,6H2,1H3/t9-/m1/s1. The molecule has 0 heterocycles. The zero-order chi connectivity index (χ0) is 8.27. The largest absolute Gasteiger partial charge is 0.241 e. The summed E-state index contributed by atoms with van der Waals surface area (Å²) in [5, 5.41) is 0.371. The van der Waals surface area contributed by atoms with E-state index in [1.807, 2.05) is 25.1 Å². The Labute approximate surface area is 74.6 Å². The second-order valence-corrected chi connectivity index (χ2v) is 3.18. The van der Waals surface area contributed by atoms with Crippen molar-refractivity contribution < 1.29 is 4.39 Å². The van der Waals surface area contributed by atoms with Crippen LogP contribution in [0.4, 0.5) is 4.39 Å². The maximum Gasteiger partial charge on any atom is 0.135 e. The molecule has 0 amide bonds. The third-order valence-corrected chi connectivity index (χ3v) is 2.11. The molecule has 0 saturated carbocycles. The third-order valence-electron chi connectivity index (χ3n) is 1.54. The van der Waals surface area contributed by atoms with E-state index in [-0.39, 0.29) is 0 Å². The lowest BCUT2D eigenvalue weighted by Crippen LogP contribution is -1.92. The van der Waals surface area contributed by atoms with Crippen molar-refractivity contribution in [1.82, 2.24) is 0 Å². The van der Waals surface area contributed by atoms with Gasteiger partial charge in [-0.25, -0.2) is 4.39 Å². The predicted molar refractivity (Wildman–Crippen MR) is 48.8 cm³/mol. The lowest BCUT2D eigenvalue weighted by Gasteiger charge is -2.04. The number of benzene rings is 1. The van der Waals surface area contributed by atoms with E-state index in [2.05, 4.69) is 15.9 Å². The lowest BCUT2D eigenvalue weighted by molar-refractivity contribution is 0.382. The lowest BCUT2D eigenvalue weighted by atomic mass is 10.1. The van der Waals surface area contributed by atoms with E-state index in [0.29, 0.717) is 5.33 Å². The van der Waals surface area contributed by atoms with Crippen LogP contribution in [0.15, 0.2) is 24.3 Å². The van der Waals surface area contributed by atoms with Gasteiger partial charge < -0.3 is 0 Å². The molecule has 1 aromatic carbocycles. The molecule has 1 aromatic rings. The van der Waals surface area contributed by atoms with Crippen molar-refractivity contribution in [1.29, 1.82) is 0 Å². The van der Waals surface area contributed by atoms with Gasteiger partial charge in [0.2, 0.25) is 0 Å². The molecule has 0 bridgehead atoms. The Morgan fingerprint density at radius 2 is 2.27 bits per heavy atom. The number of alkyl halides is 2. The minimum atomic E-state index is -0.880. The molecular weight excluding hydrogens is 207 g/mol. The van der Waals surface area contributed by atoms with Gasteiger partial charge in [-0.05, 0) is 12.5 Å². The summed E-state index contributed by atoms with van der Waals surface area (Å²) in [5.41, 5.74) is 1.85. The molecule has 60 valence electrons. The van der Waals surface area contributed by atoms with Crippen LogP contribution in [0.25, 0.3) is 0 Å². The molecule has 0 nitrogen and oxygen atoms in total. The molecule has 0 aliphatic carbocycles. The fourth-order valence-corrected chi connectivity index (χ4v) is 1.33. The van der Waals surface area contributed by atoms with E-state index in [9.17, 15) is 4.39 Å². The van der Waals surface area contributed by atoms with Crippen LogP contribution in [0.5, 0.6) is 0 Å². The summed E-state index contributed by atoms with van der Waals surface area (Å²) in [7, 11) is 0. The van der Waals surface area contributed by atoms with Gasteiger partial charge in [-0.2, -0.15) is 0 Å². The Morgan fingerprint density at radius 3 is 2.82 bits per heavy atom. The van der Waals surface area contributed by atoms with Crippen LogP contribution in [0.1, 0.15) is 17.3 Å². The van der Waals surface area contributed by atoms with Gasteiger partial charge in [0.05, 0.1) is 0 Å². The minimum Gasteiger partial charge on any atom is -0.241 e. The highest BCUT2D eigenvalue weighted by Crippen LogP contribution is 2.19. The first-order chi connectivity index (χ1) is 5.24. The number of rotatable bonds is 2. The highest BCUT2D eigenvalue weighted by molar-refractivity contribution is 9.09. The van der Waals surface area contributed by atoms with Crippen molar-refractivity contribution in [3.05, 3.63) is 35.4 Å². The number of hydrogen-bond acceptors (Lipinski definition) is 0. The van der Waals surface area contributed by atoms with Crippen molar-refractivity contribution >= 4 is 15.9 Å². The summed E-state index contributed by atoms with van der Waals surface area (Å²) >= 11 is 3.10. The van der Waals surface area contributed by atoms with Gasteiger partial charge in [0.1, 0.15) is 6.17 Å². The Balaban J connectivity index is 2.86. The van der Waals surface area contributed by atoms with E-state index < -0.39 is 6.17 Å². The molecule has 0 N–H and O–H groups in total. The average Bonchev–Trinajstić information content (AvgIpc) is 2.03. The molecule has 1 rings (SSSR count). The van der Waals surface area contributed by atoms with Crippen LogP contribution in [-0.2, 0) is 0 Å². The van der Waals surface area contributed by atoms with Crippen LogP contribution >= 0.6 is 15.9 Å². The highest BCUT2D eigenvalue weighted by Gasteiger charge is 2.06. The van der Waals surface area contributed by atoms with Gasteiger partial charge in [-0.3, -0.25) is 0 Å². The normalized spacial score (nSPS) is 13.0. The topological polar surface area (TPSA) is 0 Å². The van der Waals surface area contributed by atoms with Crippen molar-refractivity contribution in [2.24, 2.45) is 0 Å². The monoisotopic (exact) mass is 216 g/mol. The molecule has 0 radical (unpaired) electrons. The van der Waals surface area contributed by atoms with Crippen molar-refractivity contribution in [3.8, 4) is 0 Å². The zero-order valence-corrected chi connectivity index (χ0v) is 7.94. The van der Waals surface area contributed by atoms with E-state index in [0.717, 1.165) is 11.1 Å². The Bertz CT molecular complexity index is 235. The summed E-state index contributed by atoms with van der Waals surface area (Å²) in [4.78, 5) is 0. The number of hydrogen-bond donors (Lipinski definition) is 0. The second-order valence-electron chi connectivity index (χ2n) is 2.54. The van der Waals surface area contributed by atoms with Gasteiger partial charge in [-0.1, -0.05) is 45.8 Å². The van der Waals surface area contributed by atoms with Crippen LogP contribution in [0.2, 0.25) is 0 Å². The zero-order valence-electron chi connectivity index (χ0n) is 6.35. The first-order valence-corrected chi connectivity index (χ1v) is 4.63.